The first-order chi connectivity index (χ1) is 9.15. The Balaban J connectivity index is 3.04. The van der Waals surface area contributed by atoms with Gasteiger partial charge in [0, 0.05) is 11.6 Å². The molecule has 20 heavy (non-hydrogen) atoms. The van der Waals surface area contributed by atoms with Crippen LogP contribution in [0.15, 0.2) is 18.2 Å². The smallest absolute Gasteiger partial charge is 0.337 e. The van der Waals surface area contributed by atoms with Gasteiger partial charge in [-0.1, -0.05) is 0 Å². The third-order valence-corrected chi connectivity index (χ3v) is 2.68. The van der Waals surface area contributed by atoms with E-state index in [9.17, 15) is 24.8 Å². The molecular formula is C12H14N2O6. The average molecular weight is 282 g/mol. The number of aliphatic carboxylic acids is 1. The zero-order valence-electron chi connectivity index (χ0n) is 10.9. The van der Waals surface area contributed by atoms with Gasteiger partial charge in [-0.25, -0.2) is 4.79 Å². The van der Waals surface area contributed by atoms with E-state index in [2.05, 4.69) is 5.32 Å². The minimum absolute atomic E-state index is 0.0292. The highest BCUT2D eigenvalue weighted by Crippen LogP contribution is 2.26. The molecule has 8 heteroatoms. The van der Waals surface area contributed by atoms with Crippen LogP contribution < -0.4 is 5.32 Å². The molecule has 0 amide bonds. The van der Waals surface area contributed by atoms with Crippen molar-refractivity contribution in [1.82, 2.24) is 0 Å². The van der Waals surface area contributed by atoms with Crippen molar-refractivity contribution in [2.45, 2.75) is 19.4 Å². The lowest BCUT2D eigenvalue weighted by Gasteiger charge is -2.19. The van der Waals surface area contributed by atoms with E-state index in [4.69, 9.17) is 5.11 Å². The average Bonchev–Trinajstić information content (AvgIpc) is 2.35. The molecule has 0 aliphatic heterocycles. The number of nitrogens with one attached hydrogen (secondary N) is 1. The number of aliphatic hydroxyl groups is 1. The summed E-state index contributed by atoms with van der Waals surface area (Å²) in [5.41, 5.74) is -2.22. The van der Waals surface area contributed by atoms with Crippen LogP contribution in [0.2, 0.25) is 0 Å². The number of carboxylic acid groups (broad SMARTS) is 1. The Morgan fingerprint density at radius 3 is 2.50 bits per heavy atom. The van der Waals surface area contributed by atoms with Crippen LogP contribution in [0.4, 0.5) is 11.4 Å². The quantitative estimate of drug-likeness (QED) is 0.403. The fourth-order valence-corrected chi connectivity index (χ4v) is 1.39. The second kappa shape index (κ2) is 5.66. The molecule has 0 bridgehead atoms. The fourth-order valence-electron chi connectivity index (χ4n) is 1.39. The summed E-state index contributed by atoms with van der Waals surface area (Å²) >= 11 is 0. The van der Waals surface area contributed by atoms with Gasteiger partial charge in [-0.05, 0) is 26.0 Å². The largest absolute Gasteiger partial charge is 0.479 e. The van der Waals surface area contributed by atoms with Gasteiger partial charge in [-0.2, -0.15) is 0 Å². The number of carboxylic acids is 1. The molecule has 1 rings (SSSR count). The monoisotopic (exact) mass is 282 g/mol. The number of anilines is 1. The summed E-state index contributed by atoms with van der Waals surface area (Å²) in [6, 6.07) is 3.78. The van der Waals surface area contributed by atoms with Gasteiger partial charge >= 0.3 is 5.97 Å². The molecule has 0 aromatic heterocycles. The molecule has 0 heterocycles. The van der Waals surface area contributed by atoms with Gasteiger partial charge in [0.2, 0.25) is 0 Å². The number of Topliss-reactive ketones (excluding diaryl/α,β-unsaturated/α-hetero) is 1. The zero-order valence-corrected chi connectivity index (χ0v) is 10.9. The van der Waals surface area contributed by atoms with E-state index in [-0.39, 0.29) is 22.7 Å². The number of ketones is 1. The van der Waals surface area contributed by atoms with E-state index in [1.54, 1.807) is 0 Å². The lowest BCUT2D eigenvalue weighted by atomic mass is 10.1. The molecule has 0 aliphatic rings. The highest BCUT2D eigenvalue weighted by atomic mass is 16.6. The van der Waals surface area contributed by atoms with Gasteiger partial charge in [0.25, 0.3) is 5.69 Å². The Morgan fingerprint density at radius 2 is 2.05 bits per heavy atom. The van der Waals surface area contributed by atoms with Gasteiger partial charge in [-0.15, -0.1) is 0 Å². The van der Waals surface area contributed by atoms with Gasteiger partial charge in [-0.3, -0.25) is 14.9 Å². The number of nitro groups is 1. The summed E-state index contributed by atoms with van der Waals surface area (Å²) in [5, 5.41) is 31.7. The Kier molecular flexibility index (Phi) is 4.41. The molecule has 0 spiro atoms. The maximum atomic E-state index is 11.2. The van der Waals surface area contributed by atoms with Gasteiger partial charge in [0.15, 0.2) is 11.4 Å². The van der Waals surface area contributed by atoms with E-state index in [1.165, 1.54) is 19.1 Å². The number of hydrogen-bond donors (Lipinski definition) is 3. The Hall–Kier alpha value is -2.48. The molecule has 3 N–H and O–H groups in total. The molecule has 0 aliphatic carbocycles. The fraction of sp³-hybridized carbons (Fsp3) is 0.333. The molecule has 1 aromatic carbocycles. The first kappa shape index (κ1) is 15.6. The minimum Gasteiger partial charge on any atom is -0.479 e. The number of nitrogens with zero attached hydrogens (tertiary/aromatic N) is 1. The van der Waals surface area contributed by atoms with Crippen LogP contribution in [0.5, 0.6) is 0 Å². The molecule has 1 aromatic rings. The number of carbonyl (C=O) groups excluding carboxylic acids is 1. The predicted octanol–water partition coefficient (Wildman–Crippen LogP) is 1.04. The maximum absolute atomic E-state index is 11.2. The molecule has 8 nitrogen and oxygen atoms in total. The predicted molar refractivity (Wildman–Crippen MR) is 69.9 cm³/mol. The number of nitro benzene ring substituents is 1. The number of carbonyl (C=O) groups is 2. The molecule has 1 unspecified atom stereocenters. The third kappa shape index (κ3) is 3.51. The molecule has 0 radical (unpaired) electrons. The van der Waals surface area contributed by atoms with E-state index in [0.717, 1.165) is 13.0 Å². The van der Waals surface area contributed by atoms with Crippen molar-refractivity contribution in [2.75, 3.05) is 11.9 Å². The summed E-state index contributed by atoms with van der Waals surface area (Å²) in [6.07, 6.45) is 0. The van der Waals surface area contributed by atoms with Crippen molar-refractivity contribution in [1.29, 1.82) is 0 Å². The van der Waals surface area contributed by atoms with Gasteiger partial charge < -0.3 is 15.5 Å². The van der Waals surface area contributed by atoms with Crippen LogP contribution in [0.25, 0.3) is 0 Å². The van der Waals surface area contributed by atoms with Gasteiger partial charge in [0.1, 0.15) is 5.69 Å². The van der Waals surface area contributed by atoms with Crippen LogP contribution >= 0.6 is 0 Å². The topological polar surface area (TPSA) is 130 Å². The Bertz CT molecular complexity index is 567. The van der Waals surface area contributed by atoms with Crippen LogP contribution in [0, 0.1) is 10.1 Å². The Morgan fingerprint density at radius 1 is 1.45 bits per heavy atom. The Labute approximate surface area is 114 Å². The second-order valence-corrected chi connectivity index (χ2v) is 4.48. The molecular weight excluding hydrogens is 268 g/mol. The third-order valence-electron chi connectivity index (χ3n) is 2.68. The molecule has 1 atom stereocenters. The standard InChI is InChI=1S/C12H14N2O6/c1-7(15)8-3-4-9(10(5-8)14(19)20)13-6-12(2,18)11(16)17/h3-5,13,18H,6H2,1-2H3,(H,16,17). The van der Waals surface area contributed by atoms with E-state index in [0.29, 0.717) is 0 Å². The summed E-state index contributed by atoms with van der Waals surface area (Å²) < 4.78 is 0. The van der Waals surface area contributed by atoms with Crippen LogP contribution in [0.1, 0.15) is 24.2 Å². The van der Waals surface area contributed by atoms with Gasteiger partial charge in [0.05, 0.1) is 11.5 Å². The van der Waals surface area contributed by atoms with E-state index in [1.807, 2.05) is 0 Å². The van der Waals surface area contributed by atoms with E-state index >= 15 is 0 Å². The summed E-state index contributed by atoms with van der Waals surface area (Å²) in [7, 11) is 0. The number of rotatable bonds is 6. The molecule has 0 fully saturated rings. The molecule has 0 saturated heterocycles. The summed E-state index contributed by atoms with van der Waals surface area (Å²) in [6.45, 7) is 1.93. The zero-order chi connectivity index (χ0) is 15.5. The van der Waals surface area contributed by atoms with Crippen molar-refractivity contribution < 1.29 is 24.7 Å². The van der Waals surface area contributed by atoms with Crippen LogP contribution in [-0.4, -0.2) is 39.0 Å². The molecule has 108 valence electrons. The van der Waals surface area contributed by atoms with Crippen molar-refractivity contribution >= 4 is 23.1 Å². The summed E-state index contributed by atoms with van der Waals surface area (Å²) in [4.78, 5) is 32.2. The number of benzene rings is 1. The van der Waals surface area contributed by atoms with Crippen LogP contribution in [-0.2, 0) is 4.79 Å². The number of hydrogen-bond acceptors (Lipinski definition) is 6. The maximum Gasteiger partial charge on any atom is 0.337 e. The van der Waals surface area contributed by atoms with Crippen LogP contribution in [0.3, 0.4) is 0 Å². The SMILES string of the molecule is CC(=O)c1ccc(NCC(C)(O)C(=O)O)c([N+](=O)[O-])c1. The normalized spacial score (nSPS) is 13.3. The summed E-state index contributed by atoms with van der Waals surface area (Å²) in [5.74, 6) is -1.77. The first-order valence-corrected chi connectivity index (χ1v) is 5.64. The minimum atomic E-state index is -2.06. The highest BCUT2D eigenvalue weighted by Gasteiger charge is 2.30. The first-order valence-electron chi connectivity index (χ1n) is 5.64. The second-order valence-electron chi connectivity index (χ2n) is 4.48. The van der Waals surface area contributed by atoms with Crippen molar-refractivity contribution in [3.05, 3.63) is 33.9 Å². The van der Waals surface area contributed by atoms with Crippen molar-refractivity contribution in [3.8, 4) is 0 Å². The molecule has 0 saturated carbocycles. The lowest BCUT2D eigenvalue weighted by molar-refractivity contribution is -0.384. The van der Waals surface area contributed by atoms with Crippen molar-refractivity contribution in [3.63, 3.8) is 0 Å². The lowest BCUT2D eigenvalue weighted by Crippen LogP contribution is -2.41. The van der Waals surface area contributed by atoms with Crippen molar-refractivity contribution in [2.24, 2.45) is 0 Å². The van der Waals surface area contributed by atoms with E-state index < -0.39 is 23.0 Å². The highest BCUT2D eigenvalue weighted by molar-refractivity contribution is 5.95.